The molecule has 0 bridgehead atoms. The van der Waals surface area contributed by atoms with Crippen molar-refractivity contribution in [2.24, 2.45) is 5.73 Å². The molecule has 1 nitrogen and oxygen atoms in total. The lowest BCUT2D eigenvalue weighted by atomic mass is 10.1. The summed E-state index contributed by atoms with van der Waals surface area (Å²) in [6.45, 7) is 2.05. The van der Waals surface area contributed by atoms with E-state index in [1.54, 1.807) is 0 Å². The maximum Gasteiger partial charge on any atom is 0.0224 e. The largest absolute Gasteiger partial charge is 0.324 e. The summed E-state index contributed by atoms with van der Waals surface area (Å²) in [5.41, 5.74) is 7.08. The van der Waals surface area contributed by atoms with Crippen molar-refractivity contribution >= 4 is 0 Å². The third kappa shape index (κ3) is 1.10. The van der Waals surface area contributed by atoms with Gasteiger partial charge in [-0.05, 0) is 26.2 Å². The van der Waals surface area contributed by atoms with Crippen molar-refractivity contribution in [1.29, 1.82) is 0 Å². The van der Waals surface area contributed by atoms with E-state index < -0.39 is 0 Å². The SMILES string of the molecule is C[C@H](N)C1=CCCC1. The maximum absolute atomic E-state index is 5.63. The van der Waals surface area contributed by atoms with Crippen LogP contribution in [0.15, 0.2) is 11.6 Å². The van der Waals surface area contributed by atoms with Gasteiger partial charge in [0.1, 0.15) is 0 Å². The Kier molecular flexibility index (Phi) is 1.69. The van der Waals surface area contributed by atoms with E-state index in [1.807, 2.05) is 0 Å². The Morgan fingerprint density at radius 2 is 2.50 bits per heavy atom. The first-order valence-electron chi connectivity index (χ1n) is 3.25. The first kappa shape index (κ1) is 5.83. The van der Waals surface area contributed by atoms with Crippen LogP contribution in [0.1, 0.15) is 26.2 Å². The summed E-state index contributed by atoms with van der Waals surface area (Å²) >= 11 is 0. The number of nitrogens with two attached hydrogens (primary N) is 1. The van der Waals surface area contributed by atoms with Crippen LogP contribution < -0.4 is 5.73 Å². The molecule has 0 amide bonds. The van der Waals surface area contributed by atoms with Gasteiger partial charge in [0.15, 0.2) is 0 Å². The van der Waals surface area contributed by atoms with Crippen molar-refractivity contribution in [3.63, 3.8) is 0 Å². The lowest BCUT2D eigenvalue weighted by Crippen LogP contribution is -2.16. The molecule has 0 aromatic rings. The van der Waals surface area contributed by atoms with Crippen LogP contribution in [-0.2, 0) is 0 Å². The van der Waals surface area contributed by atoms with Gasteiger partial charge in [0.2, 0.25) is 0 Å². The van der Waals surface area contributed by atoms with Crippen LogP contribution in [-0.4, -0.2) is 6.04 Å². The average molecular weight is 111 g/mol. The predicted molar refractivity (Wildman–Crippen MR) is 35.6 cm³/mol. The van der Waals surface area contributed by atoms with E-state index in [4.69, 9.17) is 5.73 Å². The third-order valence-corrected chi connectivity index (χ3v) is 1.66. The highest BCUT2D eigenvalue weighted by Gasteiger charge is 2.06. The molecule has 1 aliphatic carbocycles. The molecule has 46 valence electrons. The van der Waals surface area contributed by atoms with E-state index in [0.29, 0.717) is 6.04 Å². The molecule has 1 rings (SSSR count). The van der Waals surface area contributed by atoms with Crippen molar-refractivity contribution in [2.75, 3.05) is 0 Å². The fourth-order valence-corrected chi connectivity index (χ4v) is 1.11. The van der Waals surface area contributed by atoms with E-state index in [0.717, 1.165) is 0 Å². The summed E-state index contributed by atoms with van der Waals surface area (Å²) in [6, 6.07) is 0.303. The van der Waals surface area contributed by atoms with Crippen LogP contribution in [0.5, 0.6) is 0 Å². The Balaban J connectivity index is 2.45. The van der Waals surface area contributed by atoms with Gasteiger partial charge >= 0.3 is 0 Å². The summed E-state index contributed by atoms with van der Waals surface area (Å²) < 4.78 is 0. The molecule has 0 saturated carbocycles. The first-order chi connectivity index (χ1) is 3.80. The topological polar surface area (TPSA) is 26.0 Å². The zero-order chi connectivity index (χ0) is 5.98. The van der Waals surface area contributed by atoms with Gasteiger partial charge in [0.05, 0.1) is 0 Å². The molecule has 1 aliphatic rings. The zero-order valence-corrected chi connectivity index (χ0v) is 5.35. The highest BCUT2D eigenvalue weighted by molar-refractivity contribution is 5.12. The summed E-state index contributed by atoms with van der Waals surface area (Å²) in [4.78, 5) is 0. The molecular formula is C7H13N. The number of hydrogen-bond acceptors (Lipinski definition) is 1. The molecule has 0 aromatic heterocycles. The molecular weight excluding hydrogens is 98.1 g/mol. The minimum absolute atomic E-state index is 0.303. The minimum atomic E-state index is 0.303. The molecule has 0 fully saturated rings. The molecule has 0 unspecified atom stereocenters. The smallest absolute Gasteiger partial charge is 0.0224 e. The van der Waals surface area contributed by atoms with E-state index >= 15 is 0 Å². The Morgan fingerprint density at radius 3 is 2.75 bits per heavy atom. The fraction of sp³-hybridized carbons (Fsp3) is 0.714. The molecule has 1 atom stereocenters. The van der Waals surface area contributed by atoms with Crippen LogP contribution in [0.25, 0.3) is 0 Å². The van der Waals surface area contributed by atoms with Gasteiger partial charge in [-0.15, -0.1) is 0 Å². The van der Waals surface area contributed by atoms with Crippen LogP contribution >= 0.6 is 0 Å². The van der Waals surface area contributed by atoms with E-state index in [2.05, 4.69) is 13.0 Å². The molecule has 0 heterocycles. The Hall–Kier alpha value is -0.300. The van der Waals surface area contributed by atoms with E-state index in [9.17, 15) is 0 Å². The van der Waals surface area contributed by atoms with Gasteiger partial charge < -0.3 is 5.73 Å². The highest BCUT2D eigenvalue weighted by Crippen LogP contribution is 2.18. The monoisotopic (exact) mass is 111 g/mol. The summed E-state index contributed by atoms with van der Waals surface area (Å²) in [5, 5.41) is 0. The molecule has 0 saturated heterocycles. The van der Waals surface area contributed by atoms with E-state index in [1.165, 1.54) is 24.8 Å². The Bertz CT molecular complexity index is 103. The number of hydrogen-bond donors (Lipinski definition) is 1. The molecule has 1 heteroatoms. The molecule has 0 aromatic carbocycles. The minimum Gasteiger partial charge on any atom is -0.324 e. The lowest BCUT2D eigenvalue weighted by molar-refractivity contribution is 0.795. The van der Waals surface area contributed by atoms with Gasteiger partial charge in [-0.1, -0.05) is 11.6 Å². The van der Waals surface area contributed by atoms with Crippen LogP contribution in [0, 0.1) is 0 Å². The summed E-state index contributed by atoms with van der Waals surface area (Å²) in [6.07, 6.45) is 6.07. The van der Waals surface area contributed by atoms with E-state index in [-0.39, 0.29) is 0 Å². The third-order valence-electron chi connectivity index (χ3n) is 1.66. The molecule has 2 N–H and O–H groups in total. The molecule has 8 heavy (non-hydrogen) atoms. The quantitative estimate of drug-likeness (QED) is 0.509. The van der Waals surface area contributed by atoms with Crippen LogP contribution in [0.4, 0.5) is 0 Å². The standard InChI is InChI=1S/C7H13N/c1-6(8)7-4-2-3-5-7/h4,6H,2-3,5,8H2,1H3/t6-/m0/s1. The second kappa shape index (κ2) is 2.31. The average Bonchev–Trinajstić information content (AvgIpc) is 2.12. The second-order valence-electron chi connectivity index (χ2n) is 2.46. The maximum atomic E-state index is 5.63. The Morgan fingerprint density at radius 1 is 1.75 bits per heavy atom. The van der Waals surface area contributed by atoms with Gasteiger partial charge in [-0.2, -0.15) is 0 Å². The van der Waals surface area contributed by atoms with Crippen LogP contribution in [0.3, 0.4) is 0 Å². The van der Waals surface area contributed by atoms with Gasteiger partial charge in [0, 0.05) is 6.04 Å². The molecule has 0 spiro atoms. The van der Waals surface area contributed by atoms with Crippen molar-refractivity contribution in [2.45, 2.75) is 32.2 Å². The van der Waals surface area contributed by atoms with Crippen molar-refractivity contribution in [1.82, 2.24) is 0 Å². The fourth-order valence-electron chi connectivity index (χ4n) is 1.11. The Labute approximate surface area is 50.6 Å². The number of allylic oxidation sites excluding steroid dienone is 1. The summed E-state index contributed by atoms with van der Waals surface area (Å²) in [5.74, 6) is 0. The lowest BCUT2D eigenvalue weighted by Gasteiger charge is -2.03. The second-order valence-corrected chi connectivity index (χ2v) is 2.46. The predicted octanol–water partition coefficient (Wildman–Crippen LogP) is 1.44. The molecule has 0 radical (unpaired) electrons. The summed E-state index contributed by atoms with van der Waals surface area (Å²) in [7, 11) is 0. The zero-order valence-electron chi connectivity index (χ0n) is 5.35. The molecule has 0 aliphatic heterocycles. The van der Waals surface area contributed by atoms with Gasteiger partial charge in [-0.25, -0.2) is 0 Å². The van der Waals surface area contributed by atoms with Gasteiger partial charge in [0.25, 0.3) is 0 Å². The van der Waals surface area contributed by atoms with Gasteiger partial charge in [-0.3, -0.25) is 0 Å². The van der Waals surface area contributed by atoms with Crippen molar-refractivity contribution < 1.29 is 0 Å². The van der Waals surface area contributed by atoms with Crippen molar-refractivity contribution in [3.05, 3.63) is 11.6 Å². The van der Waals surface area contributed by atoms with Crippen molar-refractivity contribution in [3.8, 4) is 0 Å². The highest BCUT2D eigenvalue weighted by atomic mass is 14.6. The first-order valence-corrected chi connectivity index (χ1v) is 3.25. The number of rotatable bonds is 1. The normalized spacial score (nSPS) is 23.0. The van der Waals surface area contributed by atoms with Crippen LogP contribution in [0.2, 0.25) is 0 Å².